The summed E-state index contributed by atoms with van der Waals surface area (Å²) in [5, 5.41) is 11.7. The molecule has 0 aliphatic rings. The molecule has 2 aromatic carbocycles. The number of carbonyl (C=O) groups excluding carboxylic acids is 2. The molecule has 0 radical (unpaired) electrons. The van der Waals surface area contributed by atoms with Crippen molar-refractivity contribution in [1.29, 1.82) is 0 Å². The van der Waals surface area contributed by atoms with Crippen molar-refractivity contribution in [3.63, 3.8) is 0 Å². The summed E-state index contributed by atoms with van der Waals surface area (Å²) in [4.78, 5) is 27.4. The number of hydrogen-bond acceptors (Lipinski definition) is 3. The van der Waals surface area contributed by atoms with E-state index < -0.39 is 6.03 Å². The lowest BCUT2D eigenvalue weighted by Gasteiger charge is -2.26. The highest BCUT2D eigenvalue weighted by Crippen LogP contribution is 2.28. The van der Waals surface area contributed by atoms with Crippen molar-refractivity contribution in [3.8, 4) is 5.69 Å². The van der Waals surface area contributed by atoms with Crippen molar-refractivity contribution >= 4 is 58.2 Å². The molecule has 0 fully saturated rings. The highest BCUT2D eigenvalue weighted by Gasteiger charge is 2.24. The van der Waals surface area contributed by atoms with Gasteiger partial charge in [-0.15, -0.1) is 0 Å². The Morgan fingerprint density at radius 3 is 2.17 bits per heavy atom. The van der Waals surface area contributed by atoms with Crippen LogP contribution < -0.4 is 10.6 Å². The largest absolute Gasteiger partial charge is 0.322 e. The van der Waals surface area contributed by atoms with Crippen LogP contribution in [-0.4, -0.2) is 39.2 Å². The molecule has 7 nitrogen and oxygen atoms in total. The standard InChI is InChI=1S/C25H28Cl3N5O2/c1-15(2)32(24(35)29-20-11-8-17(27)12-19(20)28)14-23(34)30-22-13-21(25(3,4)5)31-33(22)18-9-6-16(26)7-10-18/h6-13,15H,14H2,1-5H3,(H,29,35)(H,30,34). The predicted octanol–water partition coefficient (Wildman–Crippen LogP) is 7.01. The van der Waals surface area contributed by atoms with Crippen molar-refractivity contribution in [2.75, 3.05) is 17.2 Å². The van der Waals surface area contributed by atoms with Crippen molar-refractivity contribution in [2.24, 2.45) is 0 Å². The smallest absolute Gasteiger partial charge is 0.313 e. The molecule has 1 aromatic heterocycles. The van der Waals surface area contributed by atoms with Gasteiger partial charge in [0.1, 0.15) is 12.4 Å². The number of benzene rings is 2. The van der Waals surface area contributed by atoms with Crippen LogP contribution in [0.15, 0.2) is 48.5 Å². The Morgan fingerprint density at radius 1 is 0.971 bits per heavy atom. The number of carbonyl (C=O) groups is 2. The van der Waals surface area contributed by atoms with Gasteiger partial charge in [0.15, 0.2) is 0 Å². The molecule has 0 aliphatic carbocycles. The maximum absolute atomic E-state index is 13.1. The van der Waals surface area contributed by atoms with Gasteiger partial charge in [-0.05, 0) is 56.3 Å². The lowest BCUT2D eigenvalue weighted by atomic mass is 9.92. The number of aromatic nitrogens is 2. The van der Waals surface area contributed by atoms with Crippen LogP contribution in [0.4, 0.5) is 16.3 Å². The van der Waals surface area contributed by atoms with Crippen molar-refractivity contribution < 1.29 is 9.59 Å². The molecule has 0 atom stereocenters. The molecular weight excluding hydrogens is 509 g/mol. The SMILES string of the molecule is CC(C)N(CC(=O)Nc1cc(C(C)(C)C)nn1-c1ccc(Cl)cc1)C(=O)Nc1ccc(Cl)cc1Cl. The number of hydrogen-bond donors (Lipinski definition) is 2. The Morgan fingerprint density at radius 2 is 1.60 bits per heavy atom. The van der Waals surface area contributed by atoms with Gasteiger partial charge in [-0.2, -0.15) is 5.10 Å². The summed E-state index contributed by atoms with van der Waals surface area (Å²) < 4.78 is 1.65. The third-order valence-electron chi connectivity index (χ3n) is 5.19. The lowest BCUT2D eigenvalue weighted by molar-refractivity contribution is -0.117. The normalized spacial score (nSPS) is 11.5. The molecule has 0 aliphatic heterocycles. The number of amides is 3. The summed E-state index contributed by atoms with van der Waals surface area (Å²) in [6.07, 6.45) is 0. The van der Waals surface area contributed by atoms with E-state index in [4.69, 9.17) is 39.9 Å². The summed E-state index contributed by atoms with van der Waals surface area (Å²) >= 11 is 18.1. The molecule has 0 saturated carbocycles. The van der Waals surface area contributed by atoms with Crippen LogP contribution in [0.25, 0.3) is 5.69 Å². The van der Waals surface area contributed by atoms with E-state index in [-0.39, 0.29) is 23.9 Å². The first-order valence-corrected chi connectivity index (χ1v) is 12.2. The molecule has 0 saturated heterocycles. The maximum Gasteiger partial charge on any atom is 0.322 e. The molecule has 3 rings (SSSR count). The third kappa shape index (κ3) is 6.90. The molecule has 3 aromatic rings. The van der Waals surface area contributed by atoms with E-state index in [1.54, 1.807) is 28.9 Å². The Balaban J connectivity index is 1.81. The van der Waals surface area contributed by atoms with Gasteiger partial charge in [-0.1, -0.05) is 55.6 Å². The minimum absolute atomic E-state index is 0.175. The minimum Gasteiger partial charge on any atom is -0.313 e. The summed E-state index contributed by atoms with van der Waals surface area (Å²) in [6, 6.07) is 13.1. The lowest BCUT2D eigenvalue weighted by Crippen LogP contribution is -2.44. The van der Waals surface area contributed by atoms with Crippen molar-refractivity contribution in [3.05, 3.63) is 69.3 Å². The topological polar surface area (TPSA) is 79.3 Å². The first-order chi connectivity index (χ1) is 16.3. The summed E-state index contributed by atoms with van der Waals surface area (Å²) in [6.45, 7) is 9.60. The minimum atomic E-state index is -0.457. The number of nitrogens with zero attached hydrogens (tertiary/aromatic N) is 3. The highest BCUT2D eigenvalue weighted by molar-refractivity contribution is 6.36. The van der Waals surface area contributed by atoms with Gasteiger partial charge in [-0.25, -0.2) is 9.48 Å². The van der Waals surface area contributed by atoms with Crippen LogP contribution in [0.3, 0.4) is 0 Å². The fourth-order valence-electron chi connectivity index (χ4n) is 3.22. The Bertz CT molecular complexity index is 1220. The Kier molecular flexibility index (Phi) is 8.36. The first-order valence-electron chi connectivity index (χ1n) is 11.0. The molecule has 0 bridgehead atoms. The first kappa shape index (κ1) is 26.9. The monoisotopic (exact) mass is 535 g/mol. The quantitative estimate of drug-likeness (QED) is 0.355. The van der Waals surface area contributed by atoms with E-state index in [1.165, 1.54) is 11.0 Å². The number of nitrogens with one attached hydrogen (secondary N) is 2. The van der Waals surface area contributed by atoms with Crippen molar-refractivity contribution in [1.82, 2.24) is 14.7 Å². The van der Waals surface area contributed by atoms with Gasteiger partial charge < -0.3 is 15.5 Å². The third-order valence-corrected chi connectivity index (χ3v) is 5.99. The van der Waals surface area contributed by atoms with Gasteiger partial charge in [0.2, 0.25) is 5.91 Å². The molecule has 0 spiro atoms. The zero-order valence-electron chi connectivity index (χ0n) is 20.2. The van der Waals surface area contributed by atoms with E-state index in [9.17, 15) is 9.59 Å². The van der Waals surface area contributed by atoms with E-state index in [2.05, 4.69) is 10.6 Å². The molecule has 2 N–H and O–H groups in total. The van der Waals surface area contributed by atoms with Crippen LogP contribution in [0.5, 0.6) is 0 Å². The van der Waals surface area contributed by atoms with Crippen LogP contribution >= 0.6 is 34.8 Å². The van der Waals surface area contributed by atoms with E-state index in [0.29, 0.717) is 26.6 Å². The zero-order chi connectivity index (χ0) is 25.9. The number of anilines is 2. The number of halogens is 3. The van der Waals surface area contributed by atoms with Crippen LogP contribution in [0, 0.1) is 0 Å². The van der Waals surface area contributed by atoms with Gasteiger partial charge in [-0.3, -0.25) is 4.79 Å². The molecule has 186 valence electrons. The zero-order valence-corrected chi connectivity index (χ0v) is 22.5. The van der Waals surface area contributed by atoms with E-state index in [0.717, 1.165) is 11.4 Å². The van der Waals surface area contributed by atoms with Gasteiger partial charge >= 0.3 is 6.03 Å². The fourth-order valence-corrected chi connectivity index (χ4v) is 3.80. The summed E-state index contributed by atoms with van der Waals surface area (Å²) in [5.41, 5.74) is 1.72. The second-order valence-corrected chi connectivity index (χ2v) is 10.7. The van der Waals surface area contributed by atoms with Crippen LogP contribution in [0.1, 0.15) is 40.3 Å². The molecule has 1 heterocycles. The molecule has 3 amide bonds. The second-order valence-electron chi connectivity index (χ2n) is 9.38. The van der Waals surface area contributed by atoms with Gasteiger partial charge in [0.05, 0.1) is 22.1 Å². The predicted molar refractivity (Wildman–Crippen MR) is 143 cm³/mol. The van der Waals surface area contributed by atoms with Gasteiger partial charge in [0, 0.05) is 27.6 Å². The molecule has 10 heteroatoms. The van der Waals surface area contributed by atoms with Crippen molar-refractivity contribution in [2.45, 2.75) is 46.1 Å². The van der Waals surface area contributed by atoms with Crippen LogP contribution in [0.2, 0.25) is 15.1 Å². The number of urea groups is 1. The average Bonchev–Trinajstić information content (AvgIpc) is 3.18. The number of rotatable bonds is 6. The highest BCUT2D eigenvalue weighted by atomic mass is 35.5. The van der Waals surface area contributed by atoms with Gasteiger partial charge in [0.25, 0.3) is 0 Å². The van der Waals surface area contributed by atoms with Crippen LogP contribution in [-0.2, 0) is 10.2 Å². The maximum atomic E-state index is 13.1. The average molecular weight is 537 g/mol. The summed E-state index contributed by atoms with van der Waals surface area (Å²) in [5.74, 6) is 0.124. The fraction of sp³-hybridized carbons (Fsp3) is 0.320. The molecular formula is C25H28Cl3N5O2. The summed E-state index contributed by atoms with van der Waals surface area (Å²) in [7, 11) is 0. The Hall–Kier alpha value is -2.74. The van der Waals surface area contributed by atoms with E-state index in [1.807, 2.05) is 52.8 Å². The Labute approximate surface area is 220 Å². The van der Waals surface area contributed by atoms with E-state index >= 15 is 0 Å². The molecule has 0 unspecified atom stereocenters. The molecule has 35 heavy (non-hydrogen) atoms. The second kappa shape index (κ2) is 10.9.